The number of nitrogen functional groups attached to an aromatic ring is 1. The molecule has 0 unspecified atom stereocenters. The van der Waals surface area contributed by atoms with Crippen LogP contribution in [0.3, 0.4) is 0 Å². The van der Waals surface area contributed by atoms with Gasteiger partial charge in [-0.2, -0.15) is 0 Å². The molecule has 0 saturated carbocycles. The number of fused-ring (bicyclic) bond motifs is 3. The van der Waals surface area contributed by atoms with Crippen molar-refractivity contribution in [1.82, 2.24) is 15.0 Å². The second-order valence-corrected chi connectivity index (χ2v) is 8.61. The summed E-state index contributed by atoms with van der Waals surface area (Å²) in [5.41, 5.74) is 14.1. The number of pyridine rings is 3. The maximum absolute atomic E-state index is 6.35. The van der Waals surface area contributed by atoms with Crippen molar-refractivity contribution in [3.8, 4) is 28.5 Å². The normalized spacial score (nSPS) is 12.0. The summed E-state index contributed by atoms with van der Waals surface area (Å²) in [6.45, 7) is 0.477. The average molecular weight is 483 g/mol. The van der Waals surface area contributed by atoms with E-state index < -0.39 is 0 Å². The molecular formula is C28H28N5O3+. The molecule has 36 heavy (non-hydrogen) atoms. The molecule has 0 saturated heterocycles. The highest BCUT2D eigenvalue weighted by Gasteiger charge is 2.14. The molecule has 182 valence electrons. The van der Waals surface area contributed by atoms with Crippen molar-refractivity contribution in [2.45, 2.75) is 12.5 Å². The molecule has 3 heterocycles. The fourth-order valence-corrected chi connectivity index (χ4v) is 4.26. The third-order valence-electron chi connectivity index (χ3n) is 6.07. The number of aromatic nitrogens is 3. The van der Waals surface area contributed by atoms with Crippen molar-refractivity contribution >= 4 is 27.5 Å². The highest BCUT2D eigenvalue weighted by atomic mass is 16.5. The van der Waals surface area contributed by atoms with Crippen molar-refractivity contribution in [2.75, 3.05) is 26.6 Å². The average Bonchev–Trinajstić information content (AvgIpc) is 2.91. The van der Waals surface area contributed by atoms with Gasteiger partial charge in [-0.25, -0.2) is 4.98 Å². The van der Waals surface area contributed by atoms with Gasteiger partial charge in [0.05, 0.1) is 31.6 Å². The lowest BCUT2D eigenvalue weighted by Gasteiger charge is -2.13. The summed E-state index contributed by atoms with van der Waals surface area (Å²) in [6.07, 6.45) is 6.01. The molecule has 0 radical (unpaired) electrons. The van der Waals surface area contributed by atoms with E-state index in [0.717, 1.165) is 33.7 Å². The van der Waals surface area contributed by atoms with Crippen LogP contribution in [-0.2, 0) is 6.42 Å². The Morgan fingerprint density at radius 1 is 0.889 bits per heavy atom. The first-order chi connectivity index (χ1) is 17.6. The van der Waals surface area contributed by atoms with E-state index >= 15 is 0 Å². The molecule has 5 aromatic rings. The van der Waals surface area contributed by atoms with Crippen LogP contribution >= 0.6 is 0 Å². The van der Waals surface area contributed by atoms with E-state index in [1.54, 1.807) is 32.8 Å². The first-order valence-electron chi connectivity index (χ1n) is 11.6. The summed E-state index contributed by atoms with van der Waals surface area (Å²) in [4.78, 5) is 13.5. The Kier molecular flexibility index (Phi) is 6.51. The number of ether oxygens (including phenoxy) is 3. The van der Waals surface area contributed by atoms with Gasteiger partial charge >= 0.3 is 0 Å². The van der Waals surface area contributed by atoms with Gasteiger partial charge in [-0.3, -0.25) is 9.97 Å². The van der Waals surface area contributed by atoms with E-state index in [1.165, 1.54) is 5.56 Å². The molecule has 8 nitrogen and oxygen atoms in total. The minimum atomic E-state index is 0.108. The Balaban J connectivity index is 1.45. The third-order valence-corrected chi connectivity index (χ3v) is 6.07. The summed E-state index contributed by atoms with van der Waals surface area (Å²) in [5, 5.41) is 2.57. The topological polar surface area (TPSA) is 120 Å². The Hall–Kier alpha value is -4.43. The molecule has 0 aliphatic carbocycles. The van der Waals surface area contributed by atoms with Gasteiger partial charge in [-0.05, 0) is 29.1 Å². The summed E-state index contributed by atoms with van der Waals surface area (Å²) in [6, 6.07) is 18.0. The number of quaternary nitrogens is 1. The smallest absolute Gasteiger partial charge is 0.162 e. The SMILES string of the molecule is COc1cc2ncc3c(N)nc(-c4cncc(OC[C@@H]([NH3+])Cc5ccccc5)c4)cc3c2cc1OC. The second kappa shape index (κ2) is 10.1. The lowest BCUT2D eigenvalue weighted by atomic mass is 10.0. The van der Waals surface area contributed by atoms with E-state index in [0.29, 0.717) is 35.4 Å². The number of hydrogen-bond donors (Lipinski definition) is 2. The third kappa shape index (κ3) is 4.71. The first kappa shape index (κ1) is 23.3. The number of nitrogens with zero attached hydrogens (tertiary/aromatic N) is 3. The molecule has 5 rings (SSSR count). The van der Waals surface area contributed by atoms with Gasteiger partial charge in [0.1, 0.15) is 24.2 Å². The number of hydrogen-bond acceptors (Lipinski definition) is 7. The maximum atomic E-state index is 6.35. The summed E-state index contributed by atoms with van der Waals surface area (Å²) in [7, 11) is 3.21. The second-order valence-electron chi connectivity index (χ2n) is 8.61. The zero-order valence-corrected chi connectivity index (χ0v) is 20.3. The summed E-state index contributed by atoms with van der Waals surface area (Å²) < 4.78 is 17.0. The highest BCUT2D eigenvalue weighted by molar-refractivity contribution is 6.10. The van der Waals surface area contributed by atoms with Crippen molar-refractivity contribution < 1.29 is 19.9 Å². The van der Waals surface area contributed by atoms with E-state index in [-0.39, 0.29) is 6.04 Å². The minimum absolute atomic E-state index is 0.108. The van der Waals surface area contributed by atoms with E-state index in [1.807, 2.05) is 42.5 Å². The van der Waals surface area contributed by atoms with Gasteiger partial charge in [-0.1, -0.05) is 30.3 Å². The Bertz CT molecular complexity index is 1530. The van der Waals surface area contributed by atoms with Crippen LogP contribution in [0.15, 0.2) is 73.2 Å². The number of benzene rings is 2. The molecule has 5 N–H and O–H groups in total. The molecule has 0 fully saturated rings. The zero-order valence-electron chi connectivity index (χ0n) is 20.3. The number of rotatable bonds is 8. The monoisotopic (exact) mass is 482 g/mol. The molecule has 0 aliphatic heterocycles. The van der Waals surface area contributed by atoms with Crippen molar-refractivity contribution in [3.63, 3.8) is 0 Å². The van der Waals surface area contributed by atoms with E-state index in [9.17, 15) is 0 Å². The highest BCUT2D eigenvalue weighted by Crippen LogP contribution is 2.37. The molecule has 8 heteroatoms. The van der Waals surface area contributed by atoms with Crippen LogP contribution in [0.2, 0.25) is 0 Å². The summed E-state index contributed by atoms with van der Waals surface area (Å²) >= 11 is 0. The number of anilines is 1. The van der Waals surface area contributed by atoms with Crippen LogP contribution in [0.4, 0.5) is 5.82 Å². The van der Waals surface area contributed by atoms with Crippen LogP contribution in [0.25, 0.3) is 32.9 Å². The number of nitrogens with two attached hydrogens (primary N) is 1. The van der Waals surface area contributed by atoms with Gasteiger partial charge in [0.2, 0.25) is 0 Å². The van der Waals surface area contributed by atoms with Crippen molar-refractivity contribution in [1.29, 1.82) is 0 Å². The minimum Gasteiger partial charge on any atom is -0.493 e. The largest absolute Gasteiger partial charge is 0.493 e. The van der Waals surface area contributed by atoms with Crippen molar-refractivity contribution in [2.24, 2.45) is 0 Å². The Labute approximate surface area is 208 Å². The fraction of sp³-hybridized carbons (Fsp3) is 0.179. The van der Waals surface area contributed by atoms with E-state index in [2.05, 4.69) is 32.8 Å². The van der Waals surface area contributed by atoms with Crippen molar-refractivity contribution in [3.05, 3.63) is 78.8 Å². The van der Waals surface area contributed by atoms with Crippen LogP contribution in [0.1, 0.15) is 5.56 Å². The molecule has 0 aliphatic rings. The van der Waals surface area contributed by atoms with Gasteiger partial charge in [-0.15, -0.1) is 0 Å². The standard InChI is InChI=1S/C28H27N5O3/c1-34-26-11-22-21-10-24(33-28(30)23(21)15-32-25(22)12-27(26)35-2)18-9-20(14-31-13-18)36-16-19(29)8-17-6-4-3-5-7-17/h3-7,9-15,19H,8,16,29H2,1-2H3,(H2,30,33)/p+1/t19-/m0/s1. The summed E-state index contributed by atoms with van der Waals surface area (Å²) in [5.74, 6) is 2.27. The Morgan fingerprint density at radius 3 is 2.44 bits per heavy atom. The fourth-order valence-electron chi connectivity index (χ4n) is 4.26. The molecule has 0 spiro atoms. The lowest BCUT2D eigenvalue weighted by molar-refractivity contribution is -0.423. The van der Waals surface area contributed by atoms with Gasteiger partial charge in [0, 0.05) is 41.2 Å². The molecule has 0 amide bonds. The van der Waals surface area contributed by atoms with Crippen LogP contribution in [0.5, 0.6) is 17.2 Å². The van der Waals surface area contributed by atoms with Gasteiger partial charge in [0.15, 0.2) is 11.5 Å². The van der Waals surface area contributed by atoms with E-state index in [4.69, 9.17) is 19.9 Å². The van der Waals surface area contributed by atoms with Gasteiger partial charge < -0.3 is 25.7 Å². The van der Waals surface area contributed by atoms with Crippen LogP contribution in [-0.4, -0.2) is 41.8 Å². The van der Waals surface area contributed by atoms with Crippen LogP contribution in [0, 0.1) is 0 Å². The molecule has 1 atom stereocenters. The predicted molar refractivity (Wildman–Crippen MR) is 140 cm³/mol. The molecular weight excluding hydrogens is 454 g/mol. The quantitative estimate of drug-likeness (QED) is 0.324. The maximum Gasteiger partial charge on any atom is 0.162 e. The predicted octanol–water partition coefficient (Wildman–Crippen LogP) is 3.68. The number of methoxy groups -OCH3 is 2. The van der Waals surface area contributed by atoms with Crippen LogP contribution < -0.4 is 25.7 Å². The zero-order chi connectivity index (χ0) is 25.1. The molecule has 3 aromatic heterocycles. The lowest BCUT2D eigenvalue weighted by Crippen LogP contribution is -2.64. The first-order valence-corrected chi connectivity index (χ1v) is 11.6. The molecule has 0 bridgehead atoms. The van der Waals surface area contributed by atoms with Gasteiger partial charge in [0.25, 0.3) is 0 Å². The molecule has 2 aromatic carbocycles. The Morgan fingerprint density at radius 2 is 1.67 bits per heavy atom.